The Morgan fingerprint density at radius 2 is 1.41 bits per heavy atom. The maximum Gasteiger partial charge on any atom is 0.245 e. The van der Waals surface area contributed by atoms with Crippen molar-refractivity contribution >= 4 is 5.91 Å². The lowest BCUT2D eigenvalue weighted by atomic mass is 10.0. The first kappa shape index (κ1) is 36.8. The van der Waals surface area contributed by atoms with E-state index in [1.165, 1.54) is 5.56 Å². The number of nitrogens with zero attached hydrogens (tertiary/aromatic N) is 7. The number of amides is 1. The second-order valence-corrected chi connectivity index (χ2v) is 14.2. The van der Waals surface area contributed by atoms with Gasteiger partial charge in [-0.05, 0) is 64.6 Å². The summed E-state index contributed by atoms with van der Waals surface area (Å²) >= 11 is 0. The highest BCUT2D eigenvalue weighted by Gasteiger charge is 2.37. The zero-order valence-electron chi connectivity index (χ0n) is 31.5. The molecule has 1 fully saturated rings. The second kappa shape index (κ2) is 16.6. The SMILES string of the molecule is C[C@H](NOC[C@@H](c1ccccc1)N(C)C)c1ncc(-c2cnc(-c3ccc(-c4cnc([C@@H]5CCCN5C(=O)[C@@H](c5ccccc5)N(C)C)[nH]4)cc3)nc2)[nH]1. The summed E-state index contributed by atoms with van der Waals surface area (Å²) in [6.45, 7) is 3.20. The van der Waals surface area contributed by atoms with Gasteiger partial charge in [0.2, 0.25) is 5.91 Å². The van der Waals surface area contributed by atoms with E-state index >= 15 is 0 Å². The fraction of sp³-hybridized carbons (Fsp3) is 0.310. The minimum atomic E-state index is -0.347. The Morgan fingerprint density at radius 1 is 0.778 bits per heavy atom. The van der Waals surface area contributed by atoms with Gasteiger partial charge in [0.1, 0.15) is 17.7 Å². The van der Waals surface area contributed by atoms with Crippen molar-refractivity contribution in [1.29, 1.82) is 0 Å². The molecule has 4 atom stereocenters. The minimum absolute atomic E-state index is 0.0943. The van der Waals surface area contributed by atoms with Gasteiger partial charge in [0.05, 0.1) is 48.5 Å². The number of nitrogens with one attached hydrogen (secondary N) is 3. The summed E-state index contributed by atoms with van der Waals surface area (Å²) in [5.74, 6) is 2.29. The number of aromatic nitrogens is 6. The maximum atomic E-state index is 13.9. The van der Waals surface area contributed by atoms with Crippen LogP contribution in [0.15, 0.2) is 110 Å². The van der Waals surface area contributed by atoms with Gasteiger partial charge >= 0.3 is 0 Å². The number of imidazole rings is 2. The molecule has 1 aliphatic rings. The molecule has 1 amide bonds. The molecular formula is C42H48N10O2. The third-order valence-corrected chi connectivity index (χ3v) is 10.0. The normalized spacial score (nSPS) is 16.2. The molecular weight excluding hydrogens is 677 g/mol. The first-order valence-corrected chi connectivity index (χ1v) is 18.4. The fourth-order valence-corrected chi connectivity index (χ4v) is 7.07. The monoisotopic (exact) mass is 724 g/mol. The second-order valence-electron chi connectivity index (χ2n) is 14.2. The average molecular weight is 725 g/mol. The van der Waals surface area contributed by atoms with Crippen LogP contribution in [0, 0.1) is 0 Å². The molecule has 6 aromatic rings. The summed E-state index contributed by atoms with van der Waals surface area (Å²) in [6, 6.07) is 27.9. The highest BCUT2D eigenvalue weighted by atomic mass is 16.6. The number of carbonyl (C=O) groups is 1. The third kappa shape index (κ3) is 8.17. The van der Waals surface area contributed by atoms with Gasteiger partial charge in [0.15, 0.2) is 5.82 Å². The molecule has 12 heteroatoms. The van der Waals surface area contributed by atoms with E-state index in [4.69, 9.17) is 9.82 Å². The minimum Gasteiger partial charge on any atom is -0.341 e. The van der Waals surface area contributed by atoms with Crippen molar-refractivity contribution in [2.24, 2.45) is 0 Å². The summed E-state index contributed by atoms with van der Waals surface area (Å²) in [4.78, 5) is 51.4. The van der Waals surface area contributed by atoms with Gasteiger partial charge in [0.25, 0.3) is 0 Å². The highest BCUT2D eigenvalue weighted by Crippen LogP contribution is 2.35. The molecule has 54 heavy (non-hydrogen) atoms. The molecule has 0 saturated carbocycles. The zero-order chi connectivity index (χ0) is 37.6. The van der Waals surface area contributed by atoms with E-state index in [1.54, 1.807) is 18.6 Å². The topological polar surface area (TPSA) is 131 Å². The number of likely N-dealkylation sites (tertiary alicyclic amines) is 1. The number of rotatable bonds is 14. The Morgan fingerprint density at radius 3 is 2.07 bits per heavy atom. The Bertz CT molecular complexity index is 2100. The molecule has 3 N–H and O–H groups in total. The van der Waals surface area contributed by atoms with Crippen molar-refractivity contribution < 1.29 is 9.63 Å². The molecule has 0 spiro atoms. The Kier molecular flexibility index (Phi) is 11.3. The zero-order valence-corrected chi connectivity index (χ0v) is 31.5. The van der Waals surface area contributed by atoms with Gasteiger partial charge in [-0.1, -0.05) is 84.9 Å². The summed E-state index contributed by atoms with van der Waals surface area (Å²) in [5, 5.41) is 0. The van der Waals surface area contributed by atoms with E-state index in [2.05, 4.69) is 47.4 Å². The molecule has 0 bridgehead atoms. The van der Waals surface area contributed by atoms with Gasteiger partial charge in [-0.2, -0.15) is 5.48 Å². The summed E-state index contributed by atoms with van der Waals surface area (Å²) in [5.41, 5.74) is 9.77. The van der Waals surface area contributed by atoms with Crippen molar-refractivity contribution in [3.05, 3.63) is 132 Å². The summed E-state index contributed by atoms with van der Waals surface area (Å²) in [6.07, 6.45) is 9.06. The molecule has 1 aliphatic heterocycles. The predicted molar refractivity (Wildman–Crippen MR) is 210 cm³/mol. The molecule has 3 aromatic carbocycles. The van der Waals surface area contributed by atoms with Crippen LogP contribution in [0.3, 0.4) is 0 Å². The number of benzene rings is 3. The summed E-state index contributed by atoms with van der Waals surface area (Å²) < 4.78 is 0. The van der Waals surface area contributed by atoms with Crippen LogP contribution in [0.2, 0.25) is 0 Å². The van der Waals surface area contributed by atoms with Crippen molar-refractivity contribution in [3.8, 4) is 33.9 Å². The molecule has 0 unspecified atom stereocenters. The molecule has 12 nitrogen and oxygen atoms in total. The number of hydrogen-bond acceptors (Lipinski definition) is 9. The van der Waals surface area contributed by atoms with Crippen LogP contribution in [0.5, 0.6) is 0 Å². The van der Waals surface area contributed by atoms with Crippen LogP contribution in [0.1, 0.15) is 66.7 Å². The molecule has 7 rings (SSSR count). The summed E-state index contributed by atoms with van der Waals surface area (Å²) in [7, 11) is 8.00. The van der Waals surface area contributed by atoms with E-state index in [9.17, 15) is 4.79 Å². The van der Waals surface area contributed by atoms with Gasteiger partial charge < -0.3 is 19.8 Å². The quantitative estimate of drug-likeness (QED) is 0.104. The van der Waals surface area contributed by atoms with Crippen molar-refractivity contribution in [1.82, 2.24) is 50.1 Å². The molecule has 4 heterocycles. The lowest BCUT2D eigenvalue weighted by molar-refractivity contribution is -0.137. The van der Waals surface area contributed by atoms with E-state index in [0.717, 1.165) is 58.1 Å². The van der Waals surface area contributed by atoms with E-state index in [-0.39, 0.29) is 30.1 Å². The average Bonchev–Trinajstić information content (AvgIpc) is 3.99. The molecule has 0 radical (unpaired) electrons. The Hall–Kier alpha value is -5.53. The molecule has 1 saturated heterocycles. The van der Waals surface area contributed by atoms with Crippen molar-refractivity contribution in [2.45, 2.75) is 43.9 Å². The van der Waals surface area contributed by atoms with E-state index < -0.39 is 0 Å². The largest absolute Gasteiger partial charge is 0.341 e. The molecule has 278 valence electrons. The van der Waals surface area contributed by atoms with Gasteiger partial charge in [-0.15, -0.1) is 0 Å². The van der Waals surface area contributed by atoms with Crippen LogP contribution in [-0.4, -0.2) is 91.9 Å². The van der Waals surface area contributed by atoms with Gasteiger partial charge in [-0.3, -0.25) is 14.5 Å². The van der Waals surface area contributed by atoms with Crippen LogP contribution >= 0.6 is 0 Å². The van der Waals surface area contributed by atoms with Crippen molar-refractivity contribution in [2.75, 3.05) is 41.3 Å². The lowest BCUT2D eigenvalue weighted by Crippen LogP contribution is -2.40. The number of H-pyrrole nitrogens is 2. The van der Waals surface area contributed by atoms with Crippen LogP contribution in [0.4, 0.5) is 0 Å². The number of hydroxylamine groups is 1. The fourth-order valence-electron chi connectivity index (χ4n) is 7.07. The first-order valence-electron chi connectivity index (χ1n) is 18.4. The number of aromatic amines is 2. The van der Waals surface area contributed by atoms with E-state index in [0.29, 0.717) is 19.0 Å². The smallest absolute Gasteiger partial charge is 0.245 e. The van der Waals surface area contributed by atoms with Crippen LogP contribution < -0.4 is 5.48 Å². The van der Waals surface area contributed by atoms with Gasteiger partial charge in [-0.25, -0.2) is 19.9 Å². The van der Waals surface area contributed by atoms with Crippen molar-refractivity contribution in [3.63, 3.8) is 0 Å². The van der Waals surface area contributed by atoms with Crippen LogP contribution in [-0.2, 0) is 9.63 Å². The van der Waals surface area contributed by atoms with Crippen LogP contribution in [0.25, 0.3) is 33.9 Å². The Labute approximate surface area is 316 Å². The standard InChI is InChI=1S/C42H48N10O2/c1-28(49-54-27-37(50(2)3)30-13-8-6-9-14-30)39-45-26-35(47-39)33-23-43-40(44-24-33)32-20-18-29(19-21-32)34-25-46-41(48-34)36-17-12-22-52(36)42(53)38(51(4)5)31-15-10-7-11-16-31/h6-11,13-16,18-21,23-26,28,36-38,49H,12,17,22,27H2,1-5H3,(H,45,47)(H,46,48)/t28-,36-,37-,38+/m0/s1. The van der Waals surface area contributed by atoms with Gasteiger partial charge in [0, 0.05) is 30.1 Å². The third-order valence-electron chi connectivity index (χ3n) is 10.0. The first-order chi connectivity index (χ1) is 26.3. The highest BCUT2D eigenvalue weighted by molar-refractivity contribution is 5.84. The number of carbonyl (C=O) groups excluding carboxylic acids is 1. The molecule has 3 aromatic heterocycles. The predicted octanol–water partition coefficient (Wildman–Crippen LogP) is 6.78. The number of hydrogen-bond donors (Lipinski definition) is 3. The molecule has 0 aliphatic carbocycles. The lowest BCUT2D eigenvalue weighted by Gasteiger charge is -2.31. The van der Waals surface area contributed by atoms with E-state index in [1.807, 2.05) is 124 Å². The Balaban J connectivity index is 0.962. The number of likely N-dealkylation sites (N-methyl/N-ethyl adjacent to an activating group) is 2. The maximum absolute atomic E-state index is 13.9.